The molecule has 51 heavy (non-hydrogen) atoms. The Morgan fingerprint density at radius 2 is 0.745 bits per heavy atom. The van der Waals surface area contributed by atoms with Gasteiger partial charge in [-0.1, -0.05) is 25.7 Å². The molecule has 0 amide bonds. The zero-order chi connectivity index (χ0) is 32.6. The molecule has 0 heterocycles. The van der Waals surface area contributed by atoms with Crippen LogP contribution in [0, 0.1) is 11.8 Å². The van der Waals surface area contributed by atoms with Gasteiger partial charge in [-0.3, -0.25) is 9.13 Å². The van der Waals surface area contributed by atoms with E-state index >= 15 is 0 Å². The Balaban J connectivity index is -0.00000118. The van der Waals surface area contributed by atoms with Gasteiger partial charge in [-0.2, -0.15) is 0 Å². The van der Waals surface area contributed by atoms with E-state index in [9.17, 15) is 9.13 Å². The molecule has 8 N–H and O–H groups in total. The summed E-state index contributed by atoms with van der Waals surface area (Å²) in [5.74, 6) is 0.876. The summed E-state index contributed by atoms with van der Waals surface area (Å²) in [5, 5.41) is 0. The van der Waals surface area contributed by atoms with E-state index < -0.39 is 15.2 Å². The fourth-order valence-electron chi connectivity index (χ4n) is 6.05. The minimum absolute atomic E-state index is 0. The molecule has 2 rings (SSSR count). The molecule has 0 spiro atoms. The predicted molar refractivity (Wildman–Crippen MR) is 228 cm³/mol. The van der Waals surface area contributed by atoms with Gasteiger partial charge in [0.15, 0.2) is 0 Å². The molecule has 2 aliphatic rings. The molecule has 316 valence electrons. The van der Waals surface area contributed by atoms with E-state index in [1.807, 2.05) is 0 Å². The molecule has 2 aliphatic carbocycles. The summed E-state index contributed by atoms with van der Waals surface area (Å²) >= 11 is 0. The molecule has 2 saturated carbocycles. The lowest BCUT2D eigenvalue weighted by Gasteiger charge is -2.26. The number of rotatable bonds is 30. The van der Waals surface area contributed by atoms with Gasteiger partial charge in [0.25, 0.3) is 0 Å². The Morgan fingerprint density at radius 3 is 1.02 bits per heavy atom. The van der Waals surface area contributed by atoms with Crippen LogP contribution in [0.15, 0.2) is 0 Å². The third-order valence-corrected chi connectivity index (χ3v) is 12.7. The molecule has 0 aliphatic heterocycles. The SMILES string of the molecule is Cl.Cl.Cl.Cl.Cl.Cl.NCCCN(CCCN)CCP(=O)(OCCCOP(=O)(CCN(CCCN)CCCN)OCC1CCCC1)OCC1CCCC1. The summed E-state index contributed by atoms with van der Waals surface area (Å²) in [6.45, 7) is 8.32. The van der Waals surface area contributed by atoms with E-state index in [0.29, 0.717) is 83.1 Å². The molecule has 0 aromatic carbocycles. The Labute approximate surface area is 347 Å². The van der Waals surface area contributed by atoms with Crippen molar-refractivity contribution in [3.05, 3.63) is 0 Å². The fourth-order valence-corrected chi connectivity index (χ4v) is 9.46. The lowest BCUT2D eigenvalue weighted by atomic mass is 10.1. The van der Waals surface area contributed by atoms with Crippen molar-refractivity contribution in [3.63, 3.8) is 0 Å². The molecule has 0 saturated heterocycles. The van der Waals surface area contributed by atoms with Gasteiger partial charge in [0.2, 0.25) is 0 Å². The van der Waals surface area contributed by atoms with E-state index in [-0.39, 0.29) is 87.7 Å². The summed E-state index contributed by atoms with van der Waals surface area (Å²) in [4.78, 5) is 4.50. The van der Waals surface area contributed by atoms with Gasteiger partial charge in [-0.25, -0.2) is 0 Å². The number of hydrogen-bond donors (Lipinski definition) is 4. The third kappa shape index (κ3) is 29.7. The van der Waals surface area contributed by atoms with Crippen molar-refractivity contribution in [2.75, 3.05) is 104 Å². The van der Waals surface area contributed by atoms with Gasteiger partial charge in [-0.05, 0) is 122 Å². The molecule has 0 radical (unpaired) electrons. The van der Waals surface area contributed by atoms with Crippen LogP contribution in [-0.4, -0.2) is 114 Å². The topological polar surface area (TPSA) is 182 Å². The molecule has 0 aromatic rings. The highest BCUT2D eigenvalue weighted by Gasteiger charge is 2.30. The minimum atomic E-state index is -3.33. The highest BCUT2D eigenvalue weighted by molar-refractivity contribution is 7.54. The summed E-state index contributed by atoms with van der Waals surface area (Å²) in [7, 11) is -6.67. The number of halogens is 6. The van der Waals surface area contributed by atoms with Gasteiger partial charge in [-0.15, -0.1) is 74.4 Å². The maximum absolute atomic E-state index is 13.9. The number of nitrogens with two attached hydrogens (primary N) is 4. The van der Waals surface area contributed by atoms with Crippen LogP contribution in [0.25, 0.3) is 0 Å². The summed E-state index contributed by atoms with van der Waals surface area (Å²) in [6.07, 6.45) is 13.8. The first-order valence-corrected chi connectivity index (χ1v) is 21.3. The molecule has 12 nitrogen and oxygen atoms in total. The van der Waals surface area contributed by atoms with Crippen LogP contribution in [0.1, 0.15) is 83.5 Å². The molecule has 2 atom stereocenters. The lowest BCUT2D eigenvalue weighted by Crippen LogP contribution is -2.32. The smallest absolute Gasteiger partial charge is 0.330 e. The van der Waals surface area contributed by atoms with Crippen LogP contribution < -0.4 is 22.9 Å². The molecule has 0 bridgehead atoms. The second-order valence-corrected chi connectivity index (χ2v) is 17.2. The third-order valence-electron chi connectivity index (χ3n) is 8.92. The van der Waals surface area contributed by atoms with Crippen LogP contribution >= 0.6 is 89.6 Å². The molecular weight excluding hydrogens is 827 g/mol. The molecule has 20 heteroatoms. The van der Waals surface area contributed by atoms with E-state index in [1.54, 1.807) is 0 Å². The summed E-state index contributed by atoms with van der Waals surface area (Å²) in [6, 6.07) is 0. The molecular formula is C31H74Cl6N6O6P2. The number of nitrogens with zero attached hydrogens (tertiary/aromatic N) is 2. The second kappa shape index (κ2) is 38.7. The van der Waals surface area contributed by atoms with Crippen LogP contribution in [0.5, 0.6) is 0 Å². The average molecular weight is 902 g/mol. The first-order chi connectivity index (χ1) is 21.8. The highest BCUT2D eigenvalue weighted by atomic mass is 35.5. The highest BCUT2D eigenvalue weighted by Crippen LogP contribution is 2.51. The van der Waals surface area contributed by atoms with E-state index in [4.69, 9.17) is 41.0 Å². The van der Waals surface area contributed by atoms with Gasteiger partial charge < -0.3 is 50.8 Å². The average Bonchev–Trinajstić information content (AvgIpc) is 3.77. The first kappa shape index (κ1) is 62.0. The minimum Gasteiger partial charge on any atom is -0.330 e. The van der Waals surface area contributed by atoms with Crippen LogP contribution in [-0.2, 0) is 27.2 Å². The standard InChI is InChI=1S/C31H68N6O6P2.6ClH/c32-14-5-18-36(19-6-15-33)22-26-44(38,42-28-30-10-1-2-11-30)40-24-9-25-41-45(39,43-29-31-12-3-4-13-31)27-23-37(20-7-16-34)21-8-17-35;;;;;;/h30-31H,1-29,32-35H2;6*1H. The van der Waals surface area contributed by atoms with E-state index in [2.05, 4.69) is 9.80 Å². The maximum atomic E-state index is 13.9. The Hall–Kier alpha value is 1.80. The van der Waals surface area contributed by atoms with Crippen molar-refractivity contribution in [2.45, 2.75) is 83.5 Å². The van der Waals surface area contributed by atoms with Crippen LogP contribution in [0.2, 0.25) is 0 Å². The van der Waals surface area contributed by atoms with Gasteiger partial charge in [0, 0.05) is 13.1 Å². The Kier molecular flexibility index (Phi) is 47.0. The van der Waals surface area contributed by atoms with Crippen molar-refractivity contribution >= 4 is 89.6 Å². The molecule has 2 fully saturated rings. The second-order valence-electron chi connectivity index (χ2n) is 12.8. The summed E-state index contributed by atoms with van der Waals surface area (Å²) < 4.78 is 52.0. The van der Waals surface area contributed by atoms with Crippen molar-refractivity contribution in [3.8, 4) is 0 Å². The van der Waals surface area contributed by atoms with Gasteiger partial charge >= 0.3 is 15.2 Å². The van der Waals surface area contributed by atoms with Crippen LogP contribution in [0.3, 0.4) is 0 Å². The maximum Gasteiger partial charge on any atom is 0.331 e. The van der Waals surface area contributed by atoms with Gasteiger partial charge in [0.05, 0.1) is 38.8 Å². The van der Waals surface area contributed by atoms with Crippen LogP contribution in [0.4, 0.5) is 0 Å². The van der Waals surface area contributed by atoms with Gasteiger partial charge in [0.1, 0.15) is 0 Å². The number of hydrogen-bond acceptors (Lipinski definition) is 12. The van der Waals surface area contributed by atoms with Crippen molar-refractivity contribution in [1.29, 1.82) is 0 Å². The Bertz CT molecular complexity index is 766. The normalized spacial score (nSPS) is 16.9. The Morgan fingerprint density at radius 1 is 0.451 bits per heavy atom. The fraction of sp³-hybridized carbons (Fsp3) is 1.00. The summed E-state index contributed by atoms with van der Waals surface area (Å²) in [5.41, 5.74) is 23.0. The van der Waals surface area contributed by atoms with E-state index in [0.717, 1.165) is 77.5 Å². The first-order valence-electron chi connectivity index (χ1n) is 17.9. The van der Waals surface area contributed by atoms with Crippen molar-refractivity contribution in [1.82, 2.24) is 9.80 Å². The lowest BCUT2D eigenvalue weighted by molar-refractivity contribution is 0.151. The molecule has 2 unspecified atom stereocenters. The zero-order valence-corrected chi connectivity index (χ0v) is 37.3. The quantitative estimate of drug-likeness (QED) is 0.0441. The zero-order valence-electron chi connectivity index (χ0n) is 30.7. The molecule has 0 aromatic heterocycles. The van der Waals surface area contributed by atoms with E-state index in [1.165, 1.54) is 25.7 Å². The predicted octanol–water partition coefficient (Wildman–Crippen LogP) is 6.74. The van der Waals surface area contributed by atoms with Crippen molar-refractivity contribution in [2.24, 2.45) is 34.8 Å². The largest absolute Gasteiger partial charge is 0.331 e. The monoisotopic (exact) mass is 898 g/mol. The van der Waals surface area contributed by atoms with Crippen molar-refractivity contribution < 1.29 is 27.2 Å².